The first-order valence-electron chi connectivity index (χ1n) is 36.5. The van der Waals surface area contributed by atoms with Gasteiger partial charge in [-0.1, -0.05) is 232 Å². The Hall–Kier alpha value is -8.44. The summed E-state index contributed by atoms with van der Waals surface area (Å²) in [5, 5.41) is 26.6. The third-order valence-corrected chi connectivity index (χ3v) is 26.5. The molecule has 576 valence electrons. The van der Waals surface area contributed by atoms with E-state index in [2.05, 4.69) is 133 Å². The van der Waals surface area contributed by atoms with Crippen molar-refractivity contribution in [3.05, 3.63) is 301 Å². The van der Waals surface area contributed by atoms with Crippen molar-refractivity contribution in [2.45, 2.75) is 98.7 Å². The molecule has 16 rings (SSSR count). The van der Waals surface area contributed by atoms with Crippen LogP contribution in [-0.2, 0) is 60.0 Å². The Bertz CT molecular complexity index is 4860. The standard InChI is InChI=1S/4C22H20BrClN2O2/c2*1-12(2)18-11-25-20(27)10-17(13-4-3-5-15(24)8-13)22(18)16-7-6-14(23)9-19(16)26-21(22)28;2*1-12(2)17-10-20(27)25-11-18(13-4-3-5-15(24)8-13)22(17)16-7-6-14(23)9-19(16)26-21(22)28/h4*3-9,17-18H,1,10-11H2,2H3,(H,25,27)(H,26,28)/t4*17-,18+,22-/m1010/s1. The molecule has 8 aromatic carbocycles. The summed E-state index contributed by atoms with van der Waals surface area (Å²) in [4.78, 5) is 105. The molecule has 8 aromatic rings. The molecule has 16 nitrogen and oxygen atoms in total. The fraction of sp³-hybridized carbons (Fsp3) is 0.273. The maximum absolute atomic E-state index is 13.6. The van der Waals surface area contributed by atoms with Crippen LogP contribution >= 0.6 is 110 Å². The number of amides is 8. The smallest absolute Gasteiger partial charge is 0.236 e. The van der Waals surface area contributed by atoms with Gasteiger partial charge in [0.1, 0.15) is 0 Å². The van der Waals surface area contributed by atoms with Crippen LogP contribution in [0.1, 0.15) is 122 Å². The van der Waals surface area contributed by atoms with Crippen LogP contribution in [0.2, 0.25) is 20.1 Å². The van der Waals surface area contributed by atoms with Crippen molar-refractivity contribution < 1.29 is 38.4 Å². The molecule has 8 aliphatic heterocycles. The highest BCUT2D eigenvalue weighted by Gasteiger charge is 2.63. The summed E-state index contributed by atoms with van der Waals surface area (Å²) in [5.41, 5.74) is 9.87. The Morgan fingerprint density at radius 2 is 0.545 bits per heavy atom. The summed E-state index contributed by atoms with van der Waals surface area (Å²) in [6, 6.07) is 53.2. The second-order valence-electron chi connectivity index (χ2n) is 30.1. The van der Waals surface area contributed by atoms with Gasteiger partial charge in [-0.25, -0.2) is 0 Å². The first kappa shape index (κ1) is 81.6. The fourth-order valence-electron chi connectivity index (χ4n) is 18.9. The number of fused-ring (bicyclic) bond motifs is 8. The van der Waals surface area contributed by atoms with Crippen LogP contribution in [0.3, 0.4) is 0 Å². The zero-order valence-corrected chi connectivity index (χ0v) is 70.9. The Morgan fingerprint density at radius 1 is 0.312 bits per heavy atom. The zero-order valence-electron chi connectivity index (χ0n) is 61.6. The van der Waals surface area contributed by atoms with E-state index in [0.29, 0.717) is 46.3 Å². The van der Waals surface area contributed by atoms with Gasteiger partial charge in [-0.05, 0) is 169 Å². The average Bonchev–Trinajstić information content (AvgIpc) is 1.56. The molecule has 4 fully saturated rings. The lowest BCUT2D eigenvalue weighted by molar-refractivity contribution is -0.125. The first-order chi connectivity index (χ1) is 53.3. The molecule has 112 heavy (non-hydrogen) atoms. The molecule has 8 aliphatic rings. The van der Waals surface area contributed by atoms with Crippen LogP contribution < -0.4 is 42.5 Å². The van der Waals surface area contributed by atoms with E-state index < -0.39 is 21.7 Å². The molecule has 4 spiro atoms. The molecule has 0 unspecified atom stereocenters. The molecular weight excluding hydrogens is 1760 g/mol. The van der Waals surface area contributed by atoms with Crippen molar-refractivity contribution >= 4 is 180 Å². The van der Waals surface area contributed by atoms with Crippen molar-refractivity contribution in [1.29, 1.82) is 0 Å². The normalized spacial score (nSPS) is 26.4. The number of hydrogen-bond acceptors (Lipinski definition) is 8. The monoisotopic (exact) mass is 1830 g/mol. The third kappa shape index (κ3) is 14.8. The number of nitrogens with one attached hydrogen (secondary N) is 8. The molecule has 0 radical (unpaired) electrons. The zero-order chi connectivity index (χ0) is 80.2. The molecule has 0 saturated carbocycles. The predicted molar refractivity (Wildman–Crippen MR) is 458 cm³/mol. The lowest BCUT2D eigenvalue weighted by Gasteiger charge is -2.40. The lowest BCUT2D eigenvalue weighted by atomic mass is 9.59. The Kier molecular flexibility index (Phi) is 23.9. The van der Waals surface area contributed by atoms with E-state index in [4.69, 9.17) is 46.4 Å². The molecule has 0 bridgehead atoms. The maximum Gasteiger partial charge on any atom is 0.236 e. The van der Waals surface area contributed by atoms with Gasteiger partial charge in [0.05, 0.1) is 21.7 Å². The topological polar surface area (TPSA) is 233 Å². The van der Waals surface area contributed by atoms with Gasteiger partial charge in [0.25, 0.3) is 0 Å². The van der Waals surface area contributed by atoms with E-state index in [1.807, 2.05) is 185 Å². The fourth-order valence-corrected chi connectivity index (χ4v) is 21.1. The summed E-state index contributed by atoms with van der Waals surface area (Å²) < 4.78 is 3.55. The van der Waals surface area contributed by atoms with Crippen molar-refractivity contribution in [2.24, 2.45) is 23.7 Å². The number of carbonyl (C=O) groups is 8. The summed E-state index contributed by atoms with van der Waals surface area (Å²) in [5.74, 6) is -3.14. The van der Waals surface area contributed by atoms with Gasteiger partial charge in [-0.15, -0.1) is 0 Å². The van der Waals surface area contributed by atoms with Crippen LogP contribution in [0.5, 0.6) is 0 Å². The van der Waals surface area contributed by atoms with Crippen LogP contribution in [0.15, 0.2) is 236 Å². The minimum absolute atomic E-state index is 0.0738. The number of allylic oxidation sites excluding steroid dienone is 2. The molecule has 4 saturated heterocycles. The van der Waals surface area contributed by atoms with Crippen molar-refractivity contribution in [3.8, 4) is 0 Å². The van der Waals surface area contributed by atoms with Crippen molar-refractivity contribution in [3.63, 3.8) is 0 Å². The molecule has 8 N–H and O–H groups in total. The van der Waals surface area contributed by atoms with E-state index in [1.165, 1.54) is 0 Å². The molecule has 24 heteroatoms. The van der Waals surface area contributed by atoms with E-state index in [-0.39, 0.29) is 120 Å². The second-order valence-corrected chi connectivity index (χ2v) is 35.5. The van der Waals surface area contributed by atoms with Crippen molar-refractivity contribution in [2.75, 3.05) is 47.4 Å². The lowest BCUT2D eigenvalue weighted by Crippen LogP contribution is -2.48. The summed E-state index contributed by atoms with van der Waals surface area (Å²) in [6.07, 6.45) is 0.838. The number of rotatable bonds is 8. The molecule has 12 atom stereocenters. The summed E-state index contributed by atoms with van der Waals surface area (Å²) in [6.45, 7) is 25.7. The Balaban J connectivity index is 0.000000131. The van der Waals surface area contributed by atoms with Gasteiger partial charge < -0.3 is 42.5 Å². The number of benzene rings is 8. The summed E-state index contributed by atoms with van der Waals surface area (Å²) >= 11 is 39.0. The highest BCUT2D eigenvalue weighted by atomic mass is 79.9. The minimum Gasteiger partial charge on any atom is -0.355 e. The van der Waals surface area contributed by atoms with Gasteiger partial charge in [-0.2, -0.15) is 0 Å². The highest BCUT2D eigenvalue weighted by Crippen LogP contribution is 2.61. The van der Waals surface area contributed by atoms with E-state index in [1.54, 1.807) is 12.1 Å². The predicted octanol–water partition coefficient (Wildman–Crippen LogP) is 19.2. The van der Waals surface area contributed by atoms with E-state index in [9.17, 15) is 38.4 Å². The quantitative estimate of drug-likeness (QED) is 0.0680. The van der Waals surface area contributed by atoms with Gasteiger partial charge in [0.2, 0.25) is 47.3 Å². The Morgan fingerprint density at radius 3 is 0.795 bits per heavy atom. The maximum atomic E-state index is 13.6. The van der Waals surface area contributed by atoms with E-state index in [0.717, 1.165) is 107 Å². The van der Waals surface area contributed by atoms with Gasteiger partial charge >= 0.3 is 0 Å². The number of anilines is 4. The number of carbonyl (C=O) groups excluding carboxylic acids is 8. The Labute approximate surface area is 704 Å². The SMILES string of the molecule is C=C(C)[C@@H]1CC(=O)NC[C@H](c2cccc(Cl)c2)[C@@]12C(=O)Nc1cc(Br)ccc12.C=C(C)[C@@H]1CNC(=O)C[C@H](c2cccc(Cl)c2)[C@@]12C(=O)Nc1cc(Br)ccc12.C=C(C)[C@H]1CC(=O)NC[C@@H](c2cccc(Cl)c2)[C@]12C(=O)Nc1cc(Br)ccc12.C=C(C)[C@H]1CNC(=O)C[C@@H](c2cccc(Cl)c2)[C@]12C(=O)Nc1cc(Br)ccc12. The number of halogens is 8. The van der Waals surface area contributed by atoms with Gasteiger partial charge in [0, 0.05) is 160 Å². The molecule has 8 heterocycles. The van der Waals surface area contributed by atoms with Crippen LogP contribution in [0.25, 0.3) is 0 Å². The average molecular weight is 1840 g/mol. The molecule has 8 amide bonds. The molecule has 0 aromatic heterocycles. The molecule has 0 aliphatic carbocycles. The van der Waals surface area contributed by atoms with Gasteiger partial charge in [-0.3, -0.25) is 38.4 Å². The largest absolute Gasteiger partial charge is 0.355 e. The minimum atomic E-state index is -0.939. The molecular formula is C88H80Br4Cl4N8O8. The van der Waals surface area contributed by atoms with E-state index >= 15 is 0 Å². The van der Waals surface area contributed by atoms with Crippen molar-refractivity contribution in [1.82, 2.24) is 21.3 Å². The second kappa shape index (κ2) is 32.8. The number of hydrogen-bond donors (Lipinski definition) is 8. The van der Waals surface area contributed by atoms with Crippen LogP contribution in [-0.4, -0.2) is 73.4 Å². The first-order valence-corrected chi connectivity index (χ1v) is 41.2. The summed E-state index contributed by atoms with van der Waals surface area (Å²) in [7, 11) is 0. The third-order valence-electron chi connectivity index (χ3n) is 23.6. The highest BCUT2D eigenvalue weighted by molar-refractivity contribution is 9.11. The van der Waals surface area contributed by atoms with Crippen LogP contribution in [0, 0.1) is 23.7 Å². The van der Waals surface area contributed by atoms with Crippen LogP contribution in [0.4, 0.5) is 22.7 Å². The van der Waals surface area contributed by atoms with Gasteiger partial charge in [0.15, 0.2) is 0 Å².